The van der Waals surface area contributed by atoms with Crippen molar-refractivity contribution >= 4 is 0 Å². The highest BCUT2D eigenvalue weighted by Crippen LogP contribution is 2.39. The molecule has 124 valence electrons. The Bertz CT molecular complexity index is 304. The number of ether oxygens (including phenoxy) is 1. The number of likely N-dealkylation sites (N-methyl/N-ethyl adjacent to an activating group) is 1. The average molecular weight is 297 g/mol. The van der Waals surface area contributed by atoms with Crippen LogP contribution in [0.5, 0.6) is 0 Å². The van der Waals surface area contributed by atoms with E-state index in [9.17, 15) is 0 Å². The molecule has 3 N–H and O–H groups in total. The van der Waals surface area contributed by atoms with E-state index in [4.69, 9.17) is 10.6 Å². The van der Waals surface area contributed by atoms with Crippen LogP contribution < -0.4 is 11.3 Å². The van der Waals surface area contributed by atoms with Gasteiger partial charge in [0.2, 0.25) is 0 Å². The molecule has 0 aromatic carbocycles. The highest BCUT2D eigenvalue weighted by atomic mass is 16.5. The van der Waals surface area contributed by atoms with Crippen LogP contribution in [0.25, 0.3) is 0 Å². The van der Waals surface area contributed by atoms with Crippen LogP contribution in [0.4, 0.5) is 0 Å². The quantitative estimate of drug-likeness (QED) is 0.560. The lowest BCUT2D eigenvalue weighted by atomic mass is 9.70. The number of hydrogen-bond acceptors (Lipinski definition) is 4. The molecule has 0 bridgehead atoms. The summed E-state index contributed by atoms with van der Waals surface area (Å²) in [4.78, 5) is 2.43. The first-order chi connectivity index (χ1) is 10.1. The first-order valence-corrected chi connectivity index (χ1v) is 8.83. The van der Waals surface area contributed by atoms with Gasteiger partial charge in [-0.3, -0.25) is 11.3 Å². The van der Waals surface area contributed by atoms with Crippen molar-refractivity contribution in [2.24, 2.45) is 11.8 Å². The Balaban J connectivity index is 1.91. The van der Waals surface area contributed by atoms with Crippen LogP contribution in [-0.2, 0) is 4.74 Å². The van der Waals surface area contributed by atoms with Gasteiger partial charge in [-0.1, -0.05) is 19.8 Å². The molecule has 2 rings (SSSR count). The van der Waals surface area contributed by atoms with Crippen molar-refractivity contribution in [2.45, 2.75) is 82.4 Å². The zero-order valence-electron chi connectivity index (χ0n) is 14.2. The third-order valence-electron chi connectivity index (χ3n) is 5.79. The van der Waals surface area contributed by atoms with Gasteiger partial charge < -0.3 is 9.64 Å². The molecule has 0 amide bonds. The molecule has 2 fully saturated rings. The SMILES string of the molecule is CC1CCCC(C(CCCC2CCCO2)NN)(N(C)C)C1. The Hall–Kier alpha value is -0.160. The van der Waals surface area contributed by atoms with E-state index >= 15 is 0 Å². The van der Waals surface area contributed by atoms with Crippen LogP contribution in [0.15, 0.2) is 0 Å². The molecule has 2 aliphatic rings. The first kappa shape index (κ1) is 17.2. The fraction of sp³-hybridized carbons (Fsp3) is 1.00. The molecule has 4 atom stereocenters. The molecule has 0 aromatic rings. The third-order valence-corrected chi connectivity index (χ3v) is 5.79. The second-order valence-corrected chi connectivity index (χ2v) is 7.48. The van der Waals surface area contributed by atoms with Crippen molar-refractivity contribution < 1.29 is 4.74 Å². The van der Waals surface area contributed by atoms with Gasteiger partial charge >= 0.3 is 0 Å². The van der Waals surface area contributed by atoms with Gasteiger partial charge in [0.1, 0.15) is 0 Å². The van der Waals surface area contributed by atoms with Crippen molar-refractivity contribution in [3.05, 3.63) is 0 Å². The van der Waals surface area contributed by atoms with Crippen molar-refractivity contribution in [3.8, 4) is 0 Å². The van der Waals surface area contributed by atoms with Gasteiger partial charge in [-0.05, 0) is 65.0 Å². The summed E-state index contributed by atoms with van der Waals surface area (Å²) in [5.74, 6) is 6.76. The van der Waals surface area contributed by atoms with Crippen LogP contribution in [0.1, 0.15) is 64.7 Å². The molecule has 0 radical (unpaired) electrons. The van der Waals surface area contributed by atoms with E-state index < -0.39 is 0 Å². The van der Waals surface area contributed by atoms with E-state index in [1.54, 1.807) is 0 Å². The molecule has 1 saturated heterocycles. The maximum absolute atomic E-state index is 5.96. The predicted octanol–water partition coefficient (Wildman–Crippen LogP) is 2.68. The van der Waals surface area contributed by atoms with Gasteiger partial charge in [-0.15, -0.1) is 0 Å². The average Bonchev–Trinajstić information content (AvgIpc) is 2.96. The molecule has 0 spiro atoms. The smallest absolute Gasteiger partial charge is 0.0576 e. The van der Waals surface area contributed by atoms with E-state index in [2.05, 4.69) is 31.3 Å². The summed E-state index contributed by atoms with van der Waals surface area (Å²) in [7, 11) is 4.45. The molecule has 21 heavy (non-hydrogen) atoms. The minimum absolute atomic E-state index is 0.225. The Morgan fingerprint density at radius 3 is 2.71 bits per heavy atom. The lowest BCUT2D eigenvalue weighted by molar-refractivity contribution is 0.0311. The molecule has 1 heterocycles. The van der Waals surface area contributed by atoms with Gasteiger partial charge in [-0.2, -0.15) is 0 Å². The highest BCUT2D eigenvalue weighted by Gasteiger charge is 2.42. The van der Waals surface area contributed by atoms with E-state index in [0.29, 0.717) is 12.1 Å². The Morgan fingerprint density at radius 1 is 1.33 bits per heavy atom. The summed E-state index contributed by atoms with van der Waals surface area (Å²) < 4.78 is 5.74. The maximum atomic E-state index is 5.96. The number of nitrogens with zero attached hydrogens (tertiary/aromatic N) is 1. The Labute approximate surface area is 130 Å². The van der Waals surface area contributed by atoms with Gasteiger partial charge in [-0.25, -0.2) is 0 Å². The number of nitrogens with one attached hydrogen (secondary N) is 1. The van der Waals surface area contributed by atoms with E-state index in [0.717, 1.165) is 18.9 Å². The fourth-order valence-electron chi connectivity index (χ4n) is 4.53. The molecule has 1 aliphatic carbocycles. The standard InChI is InChI=1S/C17H35N3O/c1-14-7-5-11-17(13-14,20(2)3)16(19-18)10-4-8-15-9-6-12-21-15/h14-16,19H,4-13,18H2,1-3H3. The van der Waals surface area contributed by atoms with Crippen LogP contribution >= 0.6 is 0 Å². The fourth-order valence-corrected chi connectivity index (χ4v) is 4.53. The second-order valence-electron chi connectivity index (χ2n) is 7.48. The highest BCUT2D eigenvalue weighted by molar-refractivity contribution is 5.01. The van der Waals surface area contributed by atoms with Gasteiger partial charge in [0.05, 0.1) is 6.10 Å². The summed E-state index contributed by atoms with van der Waals surface area (Å²) in [6.07, 6.45) is 11.8. The molecule has 1 saturated carbocycles. The summed E-state index contributed by atoms with van der Waals surface area (Å²) in [6.45, 7) is 3.35. The number of hydrazine groups is 1. The van der Waals surface area contributed by atoms with Crippen molar-refractivity contribution in [2.75, 3.05) is 20.7 Å². The van der Waals surface area contributed by atoms with Gasteiger partial charge in [0.25, 0.3) is 0 Å². The first-order valence-electron chi connectivity index (χ1n) is 8.83. The summed E-state index contributed by atoms with van der Waals surface area (Å²) >= 11 is 0. The van der Waals surface area contributed by atoms with Gasteiger partial charge in [0.15, 0.2) is 0 Å². The lowest BCUT2D eigenvalue weighted by Crippen LogP contribution is -2.62. The molecule has 1 aliphatic heterocycles. The predicted molar refractivity (Wildman–Crippen MR) is 88.0 cm³/mol. The van der Waals surface area contributed by atoms with Crippen LogP contribution in [0.3, 0.4) is 0 Å². The van der Waals surface area contributed by atoms with Crippen LogP contribution in [-0.4, -0.2) is 43.3 Å². The molecule has 4 heteroatoms. The zero-order valence-corrected chi connectivity index (χ0v) is 14.2. The summed E-state index contributed by atoms with van der Waals surface area (Å²) in [6, 6.07) is 0.386. The third kappa shape index (κ3) is 4.19. The van der Waals surface area contributed by atoms with Gasteiger partial charge in [0, 0.05) is 18.2 Å². The largest absolute Gasteiger partial charge is 0.378 e. The molecule has 4 nitrogen and oxygen atoms in total. The number of hydrogen-bond donors (Lipinski definition) is 2. The monoisotopic (exact) mass is 297 g/mol. The van der Waals surface area contributed by atoms with Crippen molar-refractivity contribution in [1.82, 2.24) is 10.3 Å². The van der Waals surface area contributed by atoms with Crippen LogP contribution in [0, 0.1) is 5.92 Å². The maximum Gasteiger partial charge on any atom is 0.0576 e. The van der Waals surface area contributed by atoms with Crippen LogP contribution in [0.2, 0.25) is 0 Å². The minimum Gasteiger partial charge on any atom is -0.378 e. The topological polar surface area (TPSA) is 50.5 Å². The summed E-state index contributed by atoms with van der Waals surface area (Å²) in [5, 5.41) is 0. The Kier molecular flexibility index (Phi) is 6.48. The van der Waals surface area contributed by atoms with E-state index in [-0.39, 0.29) is 5.54 Å². The van der Waals surface area contributed by atoms with Crippen molar-refractivity contribution in [1.29, 1.82) is 0 Å². The number of nitrogens with two attached hydrogens (primary N) is 1. The molecule has 4 unspecified atom stereocenters. The Morgan fingerprint density at radius 2 is 2.14 bits per heavy atom. The van der Waals surface area contributed by atoms with E-state index in [1.807, 2.05) is 0 Å². The molecule has 0 aromatic heterocycles. The van der Waals surface area contributed by atoms with E-state index in [1.165, 1.54) is 51.4 Å². The normalized spacial score (nSPS) is 35.3. The molecular weight excluding hydrogens is 262 g/mol. The minimum atomic E-state index is 0.225. The molecular formula is C17H35N3O. The number of rotatable bonds is 7. The second kappa shape index (κ2) is 7.91. The van der Waals surface area contributed by atoms with Crippen molar-refractivity contribution in [3.63, 3.8) is 0 Å². The summed E-state index contributed by atoms with van der Waals surface area (Å²) in [5.41, 5.74) is 3.38. The zero-order chi connectivity index (χ0) is 15.3. The lowest BCUT2D eigenvalue weighted by Gasteiger charge is -2.50.